The van der Waals surface area contributed by atoms with Crippen LogP contribution in [0.15, 0.2) is 12.2 Å². The number of carbonyl (C=O) groups excluding carboxylic acids is 6. The summed E-state index contributed by atoms with van der Waals surface area (Å²) < 4.78 is 19.5. The molecule has 188 valence electrons. The van der Waals surface area contributed by atoms with Gasteiger partial charge in [0.25, 0.3) is 11.8 Å². The molecule has 0 aromatic heterocycles. The second-order valence-corrected chi connectivity index (χ2v) is 7.54. The normalized spacial score (nSPS) is 19.7. The van der Waals surface area contributed by atoms with Crippen LogP contribution in [0.1, 0.15) is 39.5 Å². The lowest BCUT2D eigenvalue weighted by molar-refractivity contribution is -0.156. The summed E-state index contributed by atoms with van der Waals surface area (Å²) in [6.45, 7) is 3.23. The Bertz CT molecular complexity index is 759. The zero-order chi connectivity index (χ0) is 25.1. The number of hydrogen-bond acceptors (Lipinski definition) is 10. The number of carbonyl (C=O) groups is 6. The predicted octanol–water partition coefficient (Wildman–Crippen LogP) is -0.263. The molecule has 12 nitrogen and oxygen atoms in total. The molecule has 0 saturated carbocycles. The molecule has 12 heteroatoms. The van der Waals surface area contributed by atoms with Crippen molar-refractivity contribution in [1.29, 1.82) is 0 Å². The highest BCUT2D eigenvalue weighted by Crippen LogP contribution is 2.19. The van der Waals surface area contributed by atoms with Gasteiger partial charge in [-0.25, -0.2) is 19.2 Å². The third kappa shape index (κ3) is 7.56. The van der Waals surface area contributed by atoms with E-state index in [1.165, 1.54) is 9.80 Å². The molecule has 0 aromatic rings. The summed E-state index contributed by atoms with van der Waals surface area (Å²) in [4.78, 5) is 74.6. The van der Waals surface area contributed by atoms with Gasteiger partial charge in [-0.2, -0.15) is 0 Å². The van der Waals surface area contributed by atoms with Gasteiger partial charge in [-0.1, -0.05) is 0 Å². The standard InChI is InChI=1S/C22H30N2O10/c1-3-31-21(29)15-7-5-11-23(15)17(25)13-33-19(27)9-10-20(28)34-14-18(26)24-12-6-8-16(24)22(30)32-4-2/h9-10,15-16H,3-8,11-14H2,1-2H3/b10-9+/t15-,16-/m0/s1. The second kappa shape index (κ2) is 13.3. The minimum absolute atomic E-state index is 0.197. The molecule has 2 rings (SSSR count). The van der Waals surface area contributed by atoms with E-state index >= 15 is 0 Å². The largest absolute Gasteiger partial charge is 0.464 e. The summed E-state index contributed by atoms with van der Waals surface area (Å²) in [5, 5.41) is 0. The number of hydrogen-bond donors (Lipinski definition) is 0. The first-order chi connectivity index (χ1) is 16.3. The van der Waals surface area contributed by atoms with E-state index in [9.17, 15) is 28.8 Å². The molecule has 2 fully saturated rings. The molecular formula is C22H30N2O10. The van der Waals surface area contributed by atoms with E-state index in [-0.39, 0.29) is 13.2 Å². The predicted molar refractivity (Wildman–Crippen MR) is 114 cm³/mol. The van der Waals surface area contributed by atoms with Gasteiger partial charge in [0.15, 0.2) is 13.2 Å². The van der Waals surface area contributed by atoms with Crippen molar-refractivity contribution in [2.75, 3.05) is 39.5 Å². The van der Waals surface area contributed by atoms with E-state index in [0.717, 1.165) is 12.2 Å². The molecule has 0 N–H and O–H groups in total. The lowest BCUT2D eigenvalue weighted by Gasteiger charge is -2.22. The van der Waals surface area contributed by atoms with Gasteiger partial charge >= 0.3 is 23.9 Å². The monoisotopic (exact) mass is 482 g/mol. The van der Waals surface area contributed by atoms with Crippen LogP contribution in [0.5, 0.6) is 0 Å². The van der Waals surface area contributed by atoms with Gasteiger partial charge in [0.1, 0.15) is 12.1 Å². The van der Waals surface area contributed by atoms with Gasteiger partial charge in [-0.3, -0.25) is 9.59 Å². The Morgan fingerprint density at radius 3 is 1.41 bits per heavy atom. The first-order valence-corrected chi connectivity index (χ1v) is 11.2. The van der Waals surface area contributed by atoms with E-state index in [4.69, 9.17) is 18.9 Å². The van der Waals surface area contributed by atoms with Crippen LogP contribution in [0.25, 0.3) is 0 Å². The summed E-state index contributed by atoms with van der Waals surface area (Å²) in [7, 11) is 0. The van der Waals surface area contributed by atoms with Crippen molar-refractivity contribution in [1.82, 2.24) is 9.80 Å². The van der Waals surface area contributed by atoms with E-state index in [2.05, 4.69) is 0 Å². The molecule has 0 radical (unpaired) electrons. The van der Waals surface area contributed by atoms with Gasteiger partial charge in [-0.15, -0.1) is 0 Å². The van der Waals surface area contributed by atoms with E-state index in [0.29, 0.717) is 38.8 Å². The van der Waals surface area contributed by atoms with Crippen LogP contribution >= 0.6 is 0 Å². The SMILES string of the molecule is CCOC(=O)[C@@H]1CCCN1C(=O)COC(=O)/C=C/C(=O)OCC(=O)N1CCC[C@H]1C(=O)OCC. The first kappa shape index (κ1) is 26.8. The third-order valence-corrected chi connectivity index (χ3v) is 5.29. The Balaban J connectivity index is 1.73. The van der Waals surface area contributed by atoms with Crippen LogP contribution in [-0.4, -0.2) is 97.1 Å². The van der Waals surface area contributed by atoms with Crippen molar-refractivity contribution < 1.29 is 47.7 Å². The quantitative estimate of drug-likeness (QED) is 0.232. The van der Waals surface area contributed by atoms with Crippen molar-refractivity contribution in [3.05, 3.63) is 12.2 Å². The van der Waals surface area contributed by atoms with Crippen molar-refractivity contribution in [3.8, 4) is 0 Å². The summed E-state index contributed by atoms with van der Waals surface area (Å²) in [5.74, 6) is -4.03. The van der Waals surface area contributed by atoms with Crippen LogP contribution < -0.4 is 0 Å². The fraction of sp³-hybridized carbons (Fsp3) is 0.636. The maximum atomic E-state index is 12.3. The molecule has 2 aliphatic heterocycles. The first-order valence-electron chi connectivity index (χ1n) is 11.2. The average Bonchev–Trinajstić information content (AvgIpc) is 3.50. The number of nitrogens with zero attached hydrogens (tertiary/aromatic N) is 2. The summed E-state index contributed by atoms with van der Waals surface area (Å²) in [5.41, 5.74) is 0. The summed E-state index contributed by atoms with van der Waals surface area (Å²) in [6.07, 6.45) is 3.74. The van der Waals surface area contributed by atoms with Gasteiger partial charge in [0, 0.05) is 25.2 Å². The van der Waals surface area contributed by atoms with E-state index in [1.54, 1.807) is 13.8 Å². The molecule has 2 aliphatic rings. The Labute approximate surface area is 197 Å². The van der Waals surface area contributed by atoms with Crippen LogP contribution in [-0.2, 0) is 47.7 Å². The molecule has 0 unspecified atom stereocenters. The zero-order valence-electron chi connectivity index (χ0n) is 19.4. The van der Waals surface area contributed by atoms with Crippen molar-refractivity contribution in [3.63, 3.8) is 0 Å². The molecule has 0 aliphatic carbocycles. The number of likely N-dealkylation sites (tertiary alicyclic amines) is 2. The van der Waals surface area contributed by atoms with Gasteiger partial charge in [-0.05, 0) is 39.5 Å². The Morgan fingerprint density at radius 1 is 0.676 bits per heavy atom. The number of rotatable bonds is 10. The topological polar surface area (TPSA) is 146 Å². The lowest BCUT2D eigenvalue weighted by atomic mass is 10.2. The summed E-state index contributed by atoms with van der Waals surface area (Å²) >= 11 is 0. The second-order valence-electron chi connectivity index (χ2n) is 7.54. The average molecular weight is 482 g/mol. The molecule has 34 heavy (non-hydrogen) atoms. The van der Waals surface area contributed by atoms with Crippen LogP contribution in [0.4, 0.5) is 0 Å². The van der Waals surface area contributed by atoms with Crippen LogP contribution in [0, 0.1) is 0 Å². The van der Waals surface area contributed by atoms with Crippen molar-refractivity contribution >= 4 is 35.7 Å². The molecule has 2 atom stereocenters. The molecule has 2 saturated heterocycles. The maximum absolute atomic E-state index is 12.3. The third-order valence-electron chi connectivity index (χ3n) is 5.29. The number of esters is 4. The highest BCUT2D eigenvalue weighted by atomic mass is 16.5. The Kier molecular flexibility index (Phi) is 10.5. The minimum Gasteiger partial charge on any atom is -0.464 e. The zero-order valence-corrected chi connectivity index (χ0v) is 19.4. The van der Waals surface area contributed by atoms with Crippen molar-refractivity contribution in [2.45, 2.75) is 51.6 Å². The van der Waals surface area contributed by atoms with Crippen LogP contribution in [0.3, 0.4) is 0 Å². The lowest BCUT2D eigenvalue weighted by Crippen LogP contribution is -2.43. The molecular weight excluding hydrogens is 452 g/mol. The fourth-order valence-electron chi connectivity index (χ4n) is 3.76. The highest BCUT2D eigenvalue weighted by Gasteiger charge is 2.36. The fourth-order valence-corrected chi connectivity index (χ4v) is 3.76. The summed E-state index contributed by atoms with van der Waals surface area (Å²) in [6, 6.07) is -1.40. The molecule has 2 heterocycles. The van der Waals surface area contributed by atoms with Crippen LogP contribution in [0.2, 0.25) is 0 Å². The molecule has 0 bridgehead atoms. The van der Waals surface area contributed by atoms with Gasteiger partial charge in [0.2, 0.25) is 0 Å². The Morgan fingerprint density at radius 2 is 1.06 bits per heavy atom. The maximum Gasteiger partial charge on any atom is 0.331 e. The van der Waals surface area contributed by atoms with E-state index < -0.39 is 61.0 Å². The molecule has 2 amide bonds. The Hall–Kier alpha value is -3.44. The van der Waals surface area contributed by atoms with Gasteiger partial charge < -0.3 is 28.7 Å². The smallest absolute Gasteiger partial charge is 0.331 e. The number of ether oxygens (including phenoxy) is 4. The van der Waals surface area contributed by atoms with Gasteiger partial charge in [0.05, 0.1) is 13.2 Å². The number of amides is 2. The minimum atomic E-state index is -0.967. The van der Waals surface area contributed by atoms with E-state index in [1.807, 2.05) is 0 Å². The molecule has 0 spiro atoms. The highest BCUT2D eigenvalue weighted by molar-refractivity contribution is 5.94. The van der Waals surface area contributed by atoms with Crippen molar-refractivity contribution in [2.24, 2.45) is 0 Å². The molecule has 0 aromatic carbocycles.